The molecule has 3 rings (SSSR count). The number of hydrogen-bond acceptors (Lipinski definition) is 3. The number of carbonyl (C=O) groups is 2. The van der Waals surface area contributed by atoms with Crippen LogP contribution in [0.1, 0.15) is 24.8 Å². The first-order valence-corrected chi connectivity index (χ1v) is 7.56. The summed E-state index contributed by atoms with van der Waals surface area (Å²) in [6.45, 7) is 3.59. The van der Waals surface area contributed by atoms with Crippen molar-refractivity contribution >= 4 is 23.2 Å². The fraction of sp³-hybridized carbons (Fsp3) is 0.500. The maximum atomic E-state index is 12.2. The number of carbonyl (C=O) groups excluding carboxylic acids is 2. The zero-order valence-corrected chi connectivity index (χ0v) is 12.2. The Bertz CT molecular complexity index is 561. The van der Waals surface area contributed by atoms with Gasteiger partial charge in [0.15, 0.2) is 0 Å². The normalized spacial score (nSPS) is 21.1. The van der Waals surface area contributed by atoms with E-state index in [0.717, 1.165) is 49.3 Å². The summed E-state index contributed by atoms with van der Waals surface area (Å²) in [7, 11) is 0. The van der Waals surface area contributed by atoms with Crippen molar-refractivity contribution in [1.29, 1.82) is 0 Å². The molecule has 0 spiro atoms. The fourth-order valence-corrected chi connectivity index (χ4v) is 2.54. The molecular weight excluding hydrogens is 266 g/mol. The minimum absolute atomic E-state index is 0.0362. The molecule has 5 nitrogen and oxygen atoms in total. The van der Waals surface area contributed by atoms with Crippen LogP contribution in [-0.2, 0) is 9.59 Å². The third-order valence-corrected chi connectivity index (χ3v) is 4.14. The molecule has 1 saturated heterocycles. The van der Waals surface area contributed by atoms with Crippen LogP contribution in [0.4, 0.5) is 11.4 Å². The molecule has 21 heavy (non-hydrogen) atoms. The van der Waals surface area contributed by atoms with Gasteiger partial charge in [-0.2, -0.15) is 0 Å². The molecule has 1 atom stereocenters. The van der Waals surface area contributed by atoms with E-state index in [0.29, 0.717) is 0 Å². The van der Waals surface area contributed by atoms with Gasteiger partial charge in [-0.25, -0.2) is 0 Å². The first-order chi connectivity index (χ1) is 10.1. The van der Waals surface area contributed by atoms with E-state index in [4.69, 9.17) is 0 Å². The zero-order chi connectivity index (χ0) is 14.8. The molecule has 0 aromatic heterocycles. The first kappa shape index (κ1) is 14.1. The highest BCUT2D eigenvalue weighted by molar-refractivity contribution is 5.97. The lowest BCUT2D eigenvalue weighted by atomic mass is 10.1. The number of amides is 2. The monoisotopic (exact) mass is 287 g/mol. The summed E-state index contributed by atoms with van der Waals surface area (Å²) in [6, 6.07) is 5.64. The van der Waals surface area contributed by atoms with Gasteiger partial charge in [-0.3, -0.25) is 9.59 Å². The van der Waals surface area contributed by atoms with Gasteiger partial charge in [0.1, 0.15) is 0 Å². The number of aryl methyl sites for hydroxylation is 1. The summed E-state index contributed by atoms with van der Waals surface area (Å²) in [5.41, 5.74) is 2.52. The standard InChI is InChI=1S/C16H21N3O2/c1-10-2-5-13(18-15(20)11-3-4-11)8-14(10)19-16(21)12-6-7-17-9-12/h2,5,8,11-12,17H,3-4,6-7,9H2,1H3,(H,18,20)(H,19,21). The molecule has 112 valence electrons. The average molecular weight is 287 g/mol. The molecule has 5 heteroatoms. The molecule has 1 aliphatic heterocycles. The fourth-order valence-electron chi connectivity index (χ4n) is 2.54. The van der Waals surface area contributed by atoms with Crippen LogP contribution in [0.15, 0.2) is 18.2 Å². The van der Waals surface area contributed by atoms with Crippen LogP contribution in [0.25, 0.3) is 0 Å². The number of rotatable bonds is 4. The molecule has 2 fully saturated rings. The number of benzene rings is 1. The summed E-state index contributed by atoms with van der Waals surface area (Å²) < 4.78 is 0. The third kappa shape index (κ3) is 3.42. The molecular formula is C16H21N3O2. The number of anilines is 2. The van der Waals surface area contributed by atoms with E-state index >= 15 is 0 Å². The molecule has 0 radical (unpaired) electrons. The summed E-state index contributed by atoms with van der Waals surface area (Å²) in [5, 5.41) is 9.08. The Morgan fingerprint density at radius 3 is 2.52 bits per heavy atom. The molecule has 1 aromatic rings. The molecule has 1 heterocycles. The van der Waals surface area contributed by atoms with Crippen molar-refractivity contribution in [1.82, 2.24) is 5.32 Å². The van der Waals surface area contributed by atoms with Gasteiger partial charge in [0, 0.05) is 23.8 Å². The summed E-state index contributed by atoms with van der Waals surface area (Å²) in [6.07, 6.45) is 2.84. The Kier molecular flexibility index (Phi) is 3.92. The Morgan fingerprint density at radius 2 is 1.86 bits per heavy atom. The number of hydrogen-bond donors (Lipinski definition) is 3. The summed E-state index contributed by atoms with van der Waals surface area (Å²) in [5.74, 6) is 0.341. The van der Waals surface area contributed by atoms with E-state index in [1.54, 1.807) is 0 Å². The van der Waals surface area contributed by atoms with Crippen LogP contribution in [0.3, 0.4) is 0 Å². The second kappa shape index (κ2) is 5.85. The van der Waals surface area contributed by atoms with E-state index in [2.05, 4.69) is 16.0 Å². The predicted octanol–water partition coefficient (Wildman–Crippen LogP) is 1.89. The zero-order valence-electron chi connectivity index (χ0n) is 12.2. The van der Waals surface area contributed by atoms with Gasteiger partial charge >= 0.3 is 0 Å². The van der Waals surface area contributed by atoms with Crippen LogP contribution in [0.2, 0.25) is 0 Å². The second-order valence-electron chi connectivity index (χ2n) is 5.97. The van der Waals surface area contributed by atoms with Crippen molar-refractivity contribution in [3.63, 3.8) is 0 Å². The minimum Gasteiger partial charge on any atom is -0.326 e. The molecule has 1 aromatic carbocycles. The molecule has 1 aliphatic carbocycles. The van der Waals surface area contributed by atoms with Crippen molar-refractivity contribution in [2.75, 3.05) is 23.7 Å². The van der Waals surface area contributed by atoms with Gasteiger partial charge in [0.2, 0.25) is 11.8 Å². The Labute approximate surface area is 124 Å². The lowest BCUT2D eigenvalue weighted by molar-refractivity contribution is -0.119. The van der Waals surface area contributed by atoms with Gasteiger partial charge in [-0.1, -0.05) is 6.07 Å². The van der Waals surface area contributed by atoms with Crippen LogP contribution < -0.4 is 16.0 Å². The highest BCUT2D eigenvalue weighted by Gasteiger charge is 2.29. The van der Waals surface area contributed by atoms with E-state index < -0.39 is 0 Å². The Morgan fingerprint density at radius 1 is 1.10 bits per heavy atom. The second-order valence-corrected chi connectivity index (χ2v) is 5.97. The van der Waals surface area contributed by atoms with Crippen LogP contribution in [-0.4, -0.2) is 24.9 Å². The lowest BCUT2D eigenvalue weighted by Crippen LogP contribution is -2.25. The molecule has 3 N–H and O–H groups in total. The van der Waals surface area contributed by atoms with Crippen molar-refractivity contribution in [2.24, 2.45) is 11.8 Å². The van der Waals surface area contributed by atoms with Crippen molar-refractivity contribution in [3.8, 4) is 0 Å². The van der Waals surface area contributed by atoms with E-state index in [9.17, 15) is 9.59 Å². The maximum absolute atomic E-state index is 12.2. The van der Waals surface area contributed by atoms with Crippen molar-refractivity contribution < 1.29 is 9.59 Å². The minimum atomic E-state index is 0.0362. The molecule has 1 saturated carbocycles. The lowest BCUT2D eigenvalue weighted by Gasteiger charge is -2.14. The number of nitrogens with one attached hydrogen (secondary N) is 3. The smallest absolute Gasteiger partial charge is 0.228 e. The van der Waals surface area contributed by atoms with Crippen molar-refractivity contribution in [2.45, 2.75) is 26.2 Å². The summed E-state index contributed by atoms with van der Waals surface area (Å²) in [4.78, 5) is 24.0. The molecule has 2 amide bonds. The van der Waals surface area contributed by atoms with Crippen LogP contribution in [0, 0.1) is 18.8 Å². The summed E-state index contributed by atoms with van der Waals surface area (Å²) >= 11 is 0. The van der Waals surface area contributed by atoms with Gasteiger partial charge in [0.25, 0.3) is 0 Å². The van der Waals surface area contributed by atoms with E-state index in [1.807, 2.05) is 25.1 Å². The SMILES string of the molecule is Cc1ccc(NC(=O)C2CC2)cc1NC(=O)C1CCNC1. The quantitative estimate of drug-likeness (QED) is 0.792. The Hall–Kier alpha value is -1.88. The average Bonchev–Trinajstić information content (AvgIpc) is 3.17. The van der Waals surface area contributed by atoms with Gasteiger partial charge in [-0.05, 0) is 50.4 Å². The van der Waals surface area contributed by atoms with Crippen molar-refractivity contribution in [3.05, 3.63) is 23.8 Å². The van der Waals surface area contributed by atoms with E-state index in [-0.39, 0.29) is 23.7 Å². The predicted molar refractivity (Wildman–Crippen MR) is 82.1 cm³/mol. The third-order valence-electron chi connectivity index (χ3n) is 4.14. The maximum Gasteiger partial charge on any atom is 0.228 e. The Balaban J connectivity index is 1.68. The topological polar surface area (TPSA) is 70.2 Å². The van der Waals surface area contributed by atoms with Gasteiger partial charge in [-0.15, -0.1) is 0 Å². The van der Waals surface area contributed by atoms with Crippen LogP contribution >= 0.6 is 0 Å². The largest absolute Gasteiger partial charge is 0.326 e. The molecule has 2 aliphatic rings. The highest BCUT2D eigenvalue weighted by atomic mass is 16.2. The first-order valence-electron chi connectivity index (χ1n) is 7.56. The van der Waals surface area contributed by atoms with Gasteiger partial charge in [0.05, 0.1) is 5.92 Å². The van der Waals surface area contributed by atoms with Gasteiger partial charge < -0.3 is 16.0 Å². The highest BCUT2D eigenvalue weighted by Crippen LogP contribution is 2.31. The van der Waals surface area contributed by atoms with Crippen LogP contribution in [0.5, 0.6) is 0 Å². The van der Waals surface area contributed by atoms with E-state index in [1.165, 1.54) is 0 Å². The molecule has 1 unspecified atom stereocenters. The molecule has 0 bridgehead atoms.